The van der Waals surface area contributed by atoms with Crippen molar-refractivity contribution in [3.63, 3.8) is 0 Å². The van der Waals surface area contributed by atoms with E-state index in [0.29, 0.717) is 24.9 Å². The maximum absolute atomic E-state index is 13.1. The zero-order valence-corrected chi connectivity index (χ0v) is 14.9. The number of alkyl halides is 3. The SMILES string of the molecule is O=C(c1c[nH]nc1C(F)(F)F)N1CCC[C@H](c2nc(-c3ccc(F)cc3)no2)C1. The lowest BCUT2D eigenvalue weighted by Gasteiger charge is -2.31. The molecule has 0 spiro atoms. The Bertz CT molecular complexity index is 1010. The average molecular weight is 409 g/mol. The van der Waals surface area contributed by atoms with E-state index in [1.807, 2.05) is 0 Å². The molecule has 1 aromatic carbocycles. The molecular weight excluding hydrogens is 394 g/mol. The molecule has 0 bridgehead atoms. The summed E-state index contributed by atoms with van der Waals surface area (Å²) < 4.78 is 57.4. The third-order valence-electron chi connectivity index (χ3n) is 4.74. The number of aromatic amines is 1. The first-order valence-corrected chi connectivity index (χ1v) is 8.82. The van der Waals surface area contributed by atoms with E-state index in [1.54, 1.807) is 0 Å². The van der Waals surface area contributed by atoms with E-state index in [-0.39, 0.29) is 24.2 Å². The molecular formula is C18H15F4N5O2. The molecule has 1 amide bonds. The largest absolute Gasteiger partial charge is 0.435 e. The van der Waals surface area contributed by atoms with Crippen LogP contribution in [0, 0.1) is 5.82 Å². The minimum absolute atomic E-state index is 0.145. The fourth-order valence-corrected chi connectivity index (χ4v) is 3.32. The monoisotopic (exact) mass is 409 g/mol. The minimum atomic E-state index is -4.73. The number of likely N-dealkylation sites (tertiary alicyclic amines) is 1. The second-order valence-corrected chi connectivity index (χ2v) is 6.70. The molecule has 152 valence electrons. The predicted molar refractivity (Wildman–Crippen MR) is 91.2 cm³/mol. The summed E-state index contributed by atoms with van der Waals surface area (Å²) in [6.07, 6.45) is -2.55. The van der Waals surface area contributed by atoms with E-state index in [4.69, 9.17) is 4.52 Å². The van der Waals surface area contributed by atoms with E-state index < -0.39 is 29.2 Å². The Balaban J connectivity index is 1.51. The summed E-state index contributed by atoms with van der Waals surface area (Å²) in [4.78, 5) is 18.3. The van der Waals surface area contributed by atoms with Gasteiger partial charge in [0.1, 0.15) is 5.82 Å². The molecule has 1 N–H and O–H groups in total. The summed E-state index contributed by atoms with van der Waals surface area (Å²) >= 11 is 0. The Morgan fingerprint density at radius 2 is 2.00 bits per heavy atom. The second kappa shape index (κ2) is 7.30. The van der Waals surface area contributed by atoms with Crippen molar-refractivity contribution in [1.29, 1.82) is 0 Å². The fraction of sp³-hybridized carbons (Fsp3) is 0.333. The molecule has 1 aliphatic rings. The van der Waals surface area contributed by atoms with Crippen molar-refractivity contribution >= 4 is 5.91 Å². The standard InChI is InChI=1S/C18H15F4N5O2/c19-12-5-3-10(4-6-12)15-24-16(29-26-15)11-2-1-7-27(9-11)17(28)13-8-23-25-14(13)18(20,21)22/h3-6,8,11H,1-2,7,9H2,(H,23,25)/t11-/m0/s1. The lowest BCUT2D eigenvalue weighted by Crippen LogP contribution is -2.39. The molecule has 29 heavy (non-hydrogen) atoms. The van der Waals surface area contributed by atoms with Crippen LogP contribution in [0.2, 0.25) is 0 Å². The molecule has 3 aromatic rings. The first-order valence-electron chi connectivity index (χ1n) is 8.82. The lowest BCUT2D eigenvalue weighted by molar-refractivity contribution is -0.141. The van der Waals surface area contributed by atoms with Crippen molar-refractivity contribution in [3.8, 4) is 11.4 Å². The number of benzene rings is 1. The maximum Gasteiger partial charge on any atom is 0.435 e. The second-order valence-electron chi connectivity index (χ2n) is 6.70. The smallest absolute Gasteiger partial charge is 0.339 e. The highest BCUT2D eigenvalue weighted by atomic mass is 19.4. The van der Waals surface area contributed by atoms with Crippen LogP contribution in [0.4, 0.5) is 17.6 Å². The summed E-state index contributed by atoms with van der Waals surface area (Å²) in [5.41, 5.74) is -1.19. The zero-order chi connectivity index (χ0) is 20.6. The lowest BCUT2D eigenvalue weighted by atomic mass is 9.97. The van der Waals surface area contributed by atoms with Gasteiger partial charge in [-0.15, -0.1) is 0 Å². The number of amides is 1. The number of nitrogens with zero attached hydrogens (tertiary/aromatic N) is 4. The van der Waals surface area contributed by atoms with Gasteiger partial charge >= 0.3 is 6.18 Å². The summed E-state index contributed by atoms with van der Waals surface area (Å²) in [5, 5.41) is 9.15. The minimum Gasteiger partial charge on any atom is -0.339 e. The topological polar surface area (TPSA) is 87.9 Å². The normalized spacial score (nSPS) is 17.5. The highest BCUT2D eigenvalue weighted by molar-refractivity contribution is 5.95. The Labute approximate surface area is 161 Å². The molecule has 1 atom stereocenters. The number of hydrogen-bond acceptors (Lipinski definition) is 5. The Hall–Kier alpha value is -3.24. The van der Waals surface area contributed by atoms with E-state index in [0.717, 1.165) is 6.20 Å². The number of carbonyl (C=O) groups is 1. The number of piperidine rings is 1. The Morgan fingerprint density at radius 1 is 1.24 bits per heavy atom. The van der Waals surface area contributed by atoms with Gasteiger partial charge in [0, 0.05) is 24.8 Å². The van der Waals surface area contributed by atoms with Crippen LogP contribution < -0.4 is 0 Å². The van der Waals surface area contributed by atoms with Crippen molar-refractivity contribution in [1.82, 2.24) is 25.2 Å². The van der Waals surface area contributed by atoms with Gasteiger partial charge in [-0.25, -0.2) is 4.39 Å². The van der Waals surface area contributed by atoms with Crippen LogP contribution in [0.15, 0.2) is 35.0 Å². The molecule has 2 aromatic heterocycles. The van der Waals surface area contributed by atoms with Crippen molar-refractivity contribution < 1.29 is 26.9 Å². The van der Waals surface area contributed by atoms with Crippen LogP contribution in [0.25, 0.3) is 11.4 Å². The van der Waals surface area contributed by atoms with Gasteiger partial charge < -0.3 is 9.42 Å². The first kappa shape index (κ1) is 19.1. The average Bonchev–Trinajstić information content (AvgIpc) is 3.38. The number of H-pyrrole nitrogens is 1. The van der Waals surface area contributed by atoms with Gasteiger partial charge in [0.05, 0.1) is 11.5 Å². The number of hydrogen-bond donors (Lipinski definition) is 1. The van der Waals surface area contributed by atoms with Crippen LogP contribution in [-0.2, 0) is 6.18 Å². The van der Waals surface area contributed by atoms with Gasteiger partial charge in [-0.3, -0.25) is 9.89 Å². The van der Waals surface area contributed by atoms with Crippen LogP contribution >= 0.6 is 0 Å². The van der Waals surface area contributed by atoms with Crippen molar-refractivity contribution in [2.75, 3.05) is 13.1 Å². The number of nitrogens with one attached hydrogen (secondary N) is 1. The highest BCUT2D eigenvalue weighted by Gasteiger charge is 2.40. The molecule has 1 aliphatic heterocycles. The van der Waals surface area contributed by atoms with Crippen molar-refractivity contribution in [2.24, 2.45) is 0 Å². The number of aromatic nitrogens is 4. The molecule has 4 rings (SSSR count). The van der Waals surface area contributed by atoms with Gasteiger partial charge in [0.25, 0.3) is 5.91 Å². The summed E-state index contributed by atoms with van der Waals surface area (Å²) in [7, 11) is 0. The highest BCUT2D eigenvalue weighted by Crippen LogP contribution is 2.32. The quantitative estimate of drug-likeness (QED) is 0.668. The zero-order valence-electron chi connectivity index (χ0n) is 14.9. The van der Waals surface area contributed by atoms with Gasteiger partial charge in [-0.2, -0.15) is 23.3 Å². The van der Waals surface area contributed by atoms with Crippen molar-refractivity contribution in [2.45, 2.75) is 24.9 Å². The van der Waals surface area contributed by atoms with Crippen molar-refractivity contribution in [3.05, 3.63) is 53.4 Å². The molecule has 0 unspecified atom stereocenters. The van der Waals surface area contributed by atoms with Crippen LogP contribution in [0.1, 0.15) is 40.7 Å². The maximum atomic E-state index is 13.1. The fourth-order valence-electron chi connectivity index (χ4n) is 3.32. The molecule has 11 heteroatoms. The van der Waals surface area contributed by atoms with Gasteiger partial charge in [-0.1, -0.05) is 5.16 Å². The van der Waals surface area contributed by atoms with Gasteiger partial charge in [0.2, 0.25) is 11.7 Å². The van der Waals surface area contributed by atoms with E-state index >= 15 is 0 Å². The molecule has 0 saturated carbocycles. The first-order chi connectivity index (χ1) is 13.8. The van der Waals surface area contributed by atoms with E-state index in [2.05, 4.69) is 20.3 Å². The third-order valence-corrected chi connectivity index (χ3v) is 4.74. The summed E-state index contributed by atoms with van der Waals surface area (Å²) in [6, 6.07) is 5.57. The molecule has 1 fully saturated rings. The summed E-state index contributed by atoms with van der Waals surface area (Å²) in [5.74, 6) is -0.899. The Kier molecular flexibility index (Phi) is 4.81. The number of halogens is 4. The van der Waals surface area contributed by atoms with E-state index in [1.165, 1.54) is 29.2 Å². The molecule has 1 saturated heterocycles. The van der Waals surface area contributed by atoms with Crippen LogP contribution in [0.5, 0.6) is 0 Å². The number of carbonyl (C=O) groups excluding carboxylic acids is 1. The molecule has 3 heterocycles. The Morgan fingerprint density at radius 3 is 2.72 bits per heavy atom. The predicted octanol–water partition coefficient (Wildman–Crippen LogP) is 3.64. The van der Waals surface area contributed by atoms with E-state index in [9.17, 15) is 22.4 Å². The van der Waals surface area contributed by atoms with Crippen LogP contribution in [-0.4, -0.2) is 44.2 Å². The van der Waals surface area contributed by atoms with Gasteiger partial charge in [-0.05, 0) is 37.1 Å². The molecule has 0 aliphatic carbocycles. The summed E-state index contributed by atoms with van der Waals surface area (Å²) in [6.45, 7) is 0.461. The third kappa shape index (κ3) is 3.84. The van der Waals surface area contributed by atoms with Crippen LogP contribution in [0.3, 0.4) is 0 Å². The van der Waals surface area contributed by atoms with Gasteiger partial charge in [0.15, 0.2) is 5.69 Å². The molecule has 7 nitrogen and oxygen atoms in total. The molecule has 0 radical (unpaired) electrons. The number of rotatable bonds is 3.